The van der Waals surface area contributed by atoms with Crippen molar-refractivity contribution >= 4 is 16.1 Å². The van der Waals surface area contributed by atoms with Gasteiger partial charge in [0.25, 0.3) is 0 Å². The molecule has 128 valence electrons. The highest BCUT2D eigenvalue weighted by Crippen LogP contribution is 2.20. The molecule has 1 atom stereocenters. The minimum atomic E-state index is -3.58. The molecule has 0 aliphatic rings. The van der Waals surface area contributed by atoms with E-state index in [4.69, 9.17) is 8.92 Å². The fourth-order valence-corrected chi connectivity index (χ4v) is 2.62. The summed E-state index contributed by atoms with van der Waals surface area (Å²) in [6.45, 7) is 0.488. The summed E-state index contributed by atoms with van der Waals surface area (Å²) >= 11 is 0. The molecule has 1 unspecified atom stereocenters. The van der Waals surface area contributed by atoms with Crippen molar-refractivity contribution in [3.8, 4) is 5.75 Å². The monoisotopic (exact) mass is 349 g/mol. The van der Waals surface area contributed by atoms with Crippen molar-refractivity contribution in [1.82, 2.24) is 5.32 Å². The second-order valence-electron chi connectivity index (χ2n) is 5.18. The Hall–Kier alpha value is -2.38. The minimum absolute atomic E-state index is 0.188. The van der Waals surface area contributed by atoms with Gasteiger partial charge in [-0.2, -0.15) is 8.42 Å². The first-order chi connectivity index (χ1) is 11.4. The predicted octanol–water partition coefficient (Wildman–Crippen LogP) is 2.03. The third-order valence-corrected chi connectivity index (χ3v) is 3.75. The van der Waals surface area contributed by atoms with E-state index < -0.39 is 22.1 Å². The van der Waals surface area contributed by atoms with Gasteiger partial charge >= 0.3 is 16.1 Å². The molecule has 0 aromatic heterocycles. The molecular weight excluding hydrogens is 330 g/mol. The van der Waals surface area contributed by atoms with Gasteiger partial charge in [0, 0.05) is 6.54 Å². The van der Waals surface area contributed by atoms with Gasteiger partial charge in [0.2, 0.25) is 0 Å². The van der Waals surface area contributed by atoms with E-state index >= 15 is 0 Å². The summed E-state index contributed by atoms with van der Waals surface area (Å²) < 4.78 is 31.9. The second kappa shape index (κ2) is 7.94. The topological polar surface area (TPSA) is 81.7 Å². The third-order valence-electron chi connectivity index (χ3n) is 3.25. The lowest BCUT2D eigenvalue weighted by atomic mass is 10.1. The van der Waals surface area contributed by atoms with Crippen molar-refractivity contribution in [2.45, 2.75) is 12.6 Å². The summed E-state index contributed by atoms with van der Waals surface area (Å²) in [5.74, 6) is -0.240. The van der Waals surface area contributed by atoms with E-state index in [0.717, 1.165) is 11.8 Å². The van der Waals surface area contributed by atoms with Gasteiger partial charge in [-0.1, -0.05) is 42.5 Å². The first-order valence-corrected chi connectivity index (χ1v) is 9.05. The van der Waals surface area contributed by atoms with Crippen molar-refractivity contribution in [3.05, 3.63) is 65.7 Å². The maximum absolute atomic E-state index is 12.0. The number of carbonyl (C=O) groups is 1. The SMILES string of the molecule is COC(=O)C(NCc1ccccc1)c1ccc(OS(C)(=O)=O)cc1. The standard InChI is InChI=1S/C17H19NO5S/c1-22-17(19)16(18-12-13-6-4-3-5-7-13)14-8-10-15(11-9-14)23-24(2,20)21/h3-11,16,18H,12H2,1-2H3. The van der Waals surface area contributed by atoms with Crippen LogP contribution >= 0.6 is 0 Å². The average Bonchev–Trinajstić information content (AvgIpc) is 2.55. The number of carbonyl (C=O) groups excluding carboxylic acids is 1. The molecule has 0 heterocycles. The molecular formula is C17H19NO5S. The van der Waals surface area contributed by atoms with Gasteiger partial charge < -0.3 is 8.92 Å². The van der Waals surface area contributed by atoms with Crippen LogP contribution in [0.5, 0.6) is 5.75 Å². The third kappa shape index (κ3) is 5.36. The van der Waals surface area contributed by atoms with Crippen LogP contribution in [0.2, 0.25) is 0 Å². The van der Waals surface area contributed by atoms with E-state index in [9.17, 15) is 13.2 Å². The maximum atomic E-state index is 12.0. The highest BCUT2D eigenvalue weighted by Gasteiger charge is 2.21. The predicted molar refractivity (Wildman–Crippen MR) is 90.0 cm³/mol. The fourth-order valence-electron chi connectivity index (χ4n) is 2.16. The molecule has 24 heavy (non-hydrogen) atoms. The average molecular weight is 349 g/mol. The maximum Gasteiger partial charge on any atom is 0.327 e. The van der Waals surface area contributed by atoms with Crippen molar-refractivity contribution in [1.29, 1.82) is 0 Å². The van der Waals surface area contributed by atoms with Crippen LogP contribution in [0.3, 0.4) is 0 Å². The summed E-state index contributed by atoms with van der Waals surface area (Å²) in [6, 6.07) is 15.2. The Balaban J connectivity index is 2.14. The number of methoxy groups -OCH3 is 1. The first kappa shape index (κ1) is 18.0. The molecule has 0 bridgehead atoms. The Labute approximate surface area is 141 Å². The Kier molecular flexibility index (Phi) is 5.94. The number of hydrogen-bond acceptors (Lipinski definition) is 6. The lowest BCUT2D eigenvalue weighted by molar-refractivity contribution is -0.143. The molecule has 0 amide bonds. The highest BCUT2D eigenvalue weighted by molar-refractivity contribution is 7.86. The molecule has 7 heteroatoms. The highest BCUT2D eigenvalue weighted by atomic mass is 32.2. The molecule has 0 saturated carbocycles. The normalized spacial score (nSPS) is 12.4. The molecule has 0 fully saturated rings. The number of esters is 1. The number of ether oxygens (including phenoxy) is 1. The Bertz CT molecular complexity index is 772. The Morgan fingerprint density at radius 1 is 1.08 bits per heavy atom. The van der Waals surface area contributed by atoms with E-state index in [-0.39, 0.29) is 5.75 Å². The van der Waals surface area contributed by atoms with E-state index in [1.807, 2.05) is 30.3 Å². The molecule has 0 aliphatic carbocycles. The van der Waals surface area contributed by atoms with Crippen LogP contribution in [0.1, 0.15) is 17.2 Å². The fraction of sp³-hybridized carbons (Fsp3) is 0.235. The molecule has 0 radical (unpaired) electrons. The first-order valence-electron chi connectivity index (χ1n) is 7.23. The summed E-state index contributed by atoms with van der Waals surface area (Å²) in [5.41, 5.74) is 1.68. The van der Waals surface area contributed by atoms with Crippen molar-refractivity contribution in [2.75, 3.05) is 13.4 Å². The van der Waals surface area contributed by atoms with E-state index in [1.165, 1.54) is 19.2 Å². The molecule has 2 aromatic rings. The van der Waals surface area contributed by atoms with Crippen molar-refractivity contribution in [3.63, 3.8) is 0 Å². The summed E-state index contributed by atoms with van der Waals surface area (Å²) in [6.07, 6.45) is 0.972. The van der Waals surface area contributed by atoms with E-state index in [0.29, 0.717) is 12.1 Å². The van der Waals surface area contributed by atoms with Gasteiger partial charge in [-0.3, -0.25) is 5.32 Å². The van der Waals surface area contributed by atoms with Gasteiger partial charge in [-0.15, -0.1) is 0 Å². The molecule has 2 rings (SSSR count). The summed E-state index contributed by atoms with van der Waals surface area (Å²) in [4.78, 5) is 12.0. The molecule has 0 saturated heterocycles. The number of nitrogens with one attached hydrogen (secondary N) is 1. The van der Waals surface area contributed by atoms with Crippen LogP contribution in [-0.4, -0.2) is 27.8 Å². The van der Waals surface area contributed by atoms with Gasteiger partial charge in [0.15, 0.2) is 0 Å². The van der Waals surface area contributed by atoms with Gasteiger partial charge in [0.05, 0.1) is 13.4 Å². The smallest absolute Gasteiger partial charge is 0.327 e. The van der Waals surface area contributed by atoms with Gasteiger partial charge in [0.1, 0.15) is 11.8 Å². The molecule has 0 spiro atoms. The number of hydrogen-bond donors (Lipinski definition) is 1. The van der Waals surface area contributed by atoms with Crippen LogP contribution in [0, 0.1) is 0 Å². The molecule has 1 N–H and O–H groups in total. The lowest BCUT2D eigenvalue weighted by Gasteiger charge is -2.17. The van der Waals surface area contributed by atoms with Gasteiger partial charge in [-0.05, 0) is 23.3 Å². The van der Waals surface area contributed by atoms with Crippen LogP contribution in [-0.2, 0) is 26.2 Å². The van der Waals surface area contributed by atoms with Crippen LogP contribution in [0.4, 0.5) is 0 Å². The molecule has 0 aliphatic heterocycles. The number of benzene rings is 2. The largest absolute Gasteiger partial charge is 0.468 e. The van der Waals surface area contributed by atoms with Crippen LogP contribution < -0.4 is 9.50 Å². The Morgan fingerprint density at radius 2 is 1.71 bits per heavy atom. The van der Waals surface area contributed by atoms with Crippen molar-refractivity contribution < 1.29 is 22.1 Å². The Morgan fingerprint density at radius 3 is 2.25 bits per heavy atom. The van der Waals surface area contributed by atoms with Crippen LogP contribution in [0.25, 0.3) is 0 Å². The zero-order valence-electron chi connectivity index (χ0n) is 13.4. The van der Waals surface area contributed by atoms with Crippen LogP contribution in [0.15, 0.2) is 54.6 Å². The zero-order valence-corrected chi connectivity index (χ0v) is 14.2. The van der Waals surface area contributed by atoms with Crippen molar-refractivity contribution in [2.24, 2.45) is 0 Å². The quantitative estimate of drug-likeness (QED) is 0.608. The molecule has 6 nitrogen and oxygen atoms in total. The molecule has 2 aromatic carbocycles. The minimum Gasteiger partial charge on any atom is -0.468 e. The lowest BCUT2D eigenvalue weighted by Crippen LogP contribution is -2.29. The van der Waals surface area contributed by atoms with Gasteiger partial charge in [-0.25, -0.2) is 4.79 Å². The summed E-state index contributed by atoms with van der Waals surface area (Å²) in [7, 11) is -2.26. The summed E-state index contributed by atoms with van der Waals surface area (Å²) in [5, 5.41) is 3.14. The van der Waals surface area contributed by atoms with E-state index in [2.05, 4.69) is 5.32 Å². The van der Waals surface area contributed by atoms with E-state index in [1.54, 1.807) is 12.1 Å². The zero-order chi connectivity index (χ0) is 17.6. The number of rotatable bonds is 7. The second-order valence-corrected chi connectivity index (χ2v) is 6.75.